The van der Waals surface area contributed by atoms with Gasteiger partial charge in [-0.3, -0.25) is 9.59 Å². The monoisotopic (exact) mass is 388 g/mol. The fraction of sp³-hybridized carbons (Fsp3) is 0.400. The molecule has 0 fully saturated rings. The van der Waals surface area contributed by atoms with E-state index in [1.54, 1.807) is 30.1 Å². The topological polar surface area (TPSA) is 49.4 Å². The van der Waals surface area contributed by atoms with Crippen molar-refractivity contribution in [2.24, 2.45) is 0 Å². The van der Waals surface area contributed by atoms with Gasteiger partial charge in [-0.15, -0.1) is 23.1 Å². The summed E-state index contributed by atoms with van der Waals surface area (Å²) in [6.07, 6.45) is 7.78. The van der Waals surface area contributed by atoms with Crippen molar-refractivity contribution in [3.8, 4) is 0 Å². The van der Waals surface area contributed by atoms with Gasteiger partial charge in [0, 0.05) is 16.8 Å². The zero-order valence-electron chi connectivity index (χ0n) is 15.2. The maximum Gasteiger partial charge on any atom is 0.264 e. The van der Waals surface area contributed by atoms with Crippen molar-refractivity contribution in [1.29, 1.82) is 0 Å². The van der Waals surface area contributed by atoms with Gasteiger partial charge in [-0.2, -0.15) is 0 Å². The maximum atomic E-state index is 12.7. The predicted molar refractivity (Wildman–Crippen MR) is 109 cm³/mol. The number of nitrogens with one attached hydrogen (secondary N) is 1. The van der Waals surface area contributed by atoms with Crippen molar-refractivity contribution >= 4 is 40.6 Å². The van der Waals surface area contributed by atoms with Crippen LogP contribution in [0.2, 0.25) is 0 Å². The second-order valence-corrected chi connectivity index (χ2v) is 8.51. The van der Waals surface area contributed by atoms with Gasteiger partial charge in [0.2, 0.25) is 5.91 Å². The van der Waals surface area contributed by atoms with Gasteiger partial charge in [0.15, 0.2) is 0 Å². The molecule has 4 nitrogen and oxygen atoms in total. The average Bonchev–Trinajstić information content (AvgIpc) is 2.92. The summed E-state index contributed by atoms with van der Waals surface area (Å²) in [7, 11) is 1.69. The molecule has 0 saturated heterocycles. The van der Waals surface area contributed by atoms with Crippen molar-refractivity contribution in [2.75, 3.05) is 25.2 Å². The normalized spacial score (nSPS) is 13.6. The quantitative estimate of drug-likeness (QED) is 0.608. The van der Waals surface area contributed by atoms with Crippen LogP contribution in [0.5, 0.6) is 0 Å². The Balaban J connectivity index is 1.63. The van der Waals surface area contributed by atoms with Crippen molar-refractivity contribution in [3.05, 3.63) is 45.6 Å². The molecule has 0 saturated carbocycles. The summed E-state index contributed by atoms with van der Waals surface area (Å²) in [6.45, 7) is 0.0457. The van der Waals surface area contributed by atoms with Crippen molar-refractivity contribution in [3.63, 3.8) is 0 Å². The highest BCUT2D eigenvalue weighted by Gasteiger charge is 2.20. The van der Waals surface area contributed by atoms with Crippen LogP contribution >= 0.6 is 23.1 Å². The molecular weight excluding hydrogens is 364 g/mol. The van der Waals surface area contributed by atoms with Gasteiger partial charge < -0.3 is 10.2 Å². The number of amides is 2. The SMILES string of the molecule is CSc1ccccc1NC(=O)CN(C)C(=O)c1cc2c(s1)CCCCC2. The molecule has 0 atom stereocenters. The lowest BCUT2D eigenvalue weighted by Gasteiger charge is -2.16. The fourth-order valence-corrected chi connectivity index (χ4v) is 4.99. The van der Waals surface area contributed by atoms with E-state index in [0.29, 0.717) is 0 Å². The number of anilines is 1. The number of hydrogen-bond acceptors (Lipinski definition) is 4. The number of likely N-dealkylation sites (N-methyl/N-ethyl adjacent to an activating group) is 1. The van der Waals surface area contributed by atoms with Crippen LogP contribution in [0.15, 0.2) is 35.2 Å². The Kier molecular flexibility index (Phi) is 6.38. The number of carbonyl (C=O) groups is 2. The minimum Gasteiger partial charge on any atom is -0.332 e. The summed E-state index contributed by atoms with van der Waals surface area (Å²) in [5.74, 6) is -0.253. The molecule has 0 unspecified atom stereocenters. The fourth-order valence-electron chi connectivity index (χ4n) is 3.19. The number of aryl methyl sites for hydroxylation is 2. The number of thiophene rings is 1. The van der Waals surface area contributed by atoms with E-state index in [1.807, 2.05) is 36.6 Å². The lowest BCUT2D eigenvalue weighted by molar-refractivity contribution is -0.116. The number of thioether (sulfide) groups is 1. The third-order valence-corrected chi connectivity index (χ3v) is 6.59. The third kappa shape index (κ3) is 4.48. The molecule has 138 valence electrons. The lowest BCUT2D eigenvalue weighted by atomic mass is 10.1. The molecule has 1 aliphatic carbocycles. The second-order valence-electron chi connectivity index (χ2n) is 6.53. The molecule has 1 aromatic carbocycles. The Hall–Kier alpha value is -1.79. The molecule has 0 radical (unpaired) electrons. The molecule has 3 rings (SSSR count). The summed E-state index contributed by atoms with van der Waals surface area (Å²) in [5, 5.41) is 2.91. The van der Waals surface area contributed by atoms with E-state index >= 15 is 0 Å². The summed E-state index contributed by atoms with van der Waals surface area (Å²) in [4.78, 5) is 29.7. The van der Waals surface area contributed by atoms with Crippen LogP contribution in [0.1, 0.15) is 39.4 Å². The number of nitrogens with zero attached hydrogens (tertiary/aromatic N) is 1. The molecule has 1 heterocycles. The van der Waals surface area contributed by atoms with Crippen LogP contribution < -0.4 is 5.32 Å². The molecule has 2 aromatic rings. The number of rotatable bonds is 5. The first-order chi connectivity index (χ1) is 12.6. The molecule has 1 N–H and O–H groups in total. The Morgan fingerprint density at radius 1 is 1.19 bits per heavy atom. The van der Waals surface area contributed by atoms with Gasteiger partial charge >= 0.3 is 0 Å². The van der Waals surface area contributed by atoms with Gasteiger partial charge in [0.05, 0.1) is 17.1 Å². The van der Waals surface area contributed by atoms with Crippen LogP contribution in [-0.4, -0.2) is 36.6 Å². The number of para-hydroxylation sites is 1. The maximum absolute atomic E-state index is 12.7. The zero-order chi connectivity index (χ0) is 18.5. The molecule has 26 heavy (non-hydrogen) atoms. The number of carbonyl (C=O) groups excluding carboxylic acids is 2. The standard InChI is InChI=1S/C20H24N2O2S2/c1-22(13-19(23)21-15-9-6-7-11-17(15)25-2)20(24)18-12-14-8-4-3-5-10-16(14)26-18/h6-7,9,11-12H,3-5,8,10,13H2,1-2H3,(H,21,23). The van der Waals surface area contributed by atoms with Gasteiger partial charge in [0.1, 0.15) is 0 Å². The molecule has 0 spiro atoms. The molecule has 0 aliphatic heterocycles. The van der Waals surface area contributed by atoms with Crippen LogP contribution in [0, 0.1) is 0 Å². The van der Waals surface area contributed by atoms with E-state index < -0.39 is 0 Å². The highest BCUT2D eigenvalue weighted by Crippen LogP contribution is 2.29. The molecule has 1 aromatic heterocycles. The highest BCUT2D eigenvalue weighted by molar-refractivity contribution is 7.98. The summed E-state index contributed by atoms with van der Waals surface area (Å²) in [5.41, 5.74) is 2.11. The van der Waals surface area contributed by atoms with E-state index in [1.165, 1.54) is 34.6 Å². The predicted octanol–water partition coefficient (Wildman–Crippen LogP) is 4.45. The van der Waals surface area contributed by atoms with Gasteiger partial charge in [-0.1, -0.05) is 18.6 Å². The van der Waals surface area contributed by atoms with E-state index in [0.717, 1.165) is 28.3 Å². The number of fused-ring (bicyclic) bond motifs is 1. The molecule has 0 bridgehead atoms. The van der Waals surface area contributed by atoms with E-state index in [9.17, 15) is 9.59 Å². The second kappa shape index (κ2) is 8.73. The first-order valence-corrected chi connectivity index (χ1v) is 10.9. The zero-order valence-corrected chi connectivity index (χ0v) is 16.8. The lowest BCUT2D eigenvalue weighted by Crippen LogP contribution is -2.34. The summed E-state index contributed by atoms with van der Waals surface area (Å²) < 4.78 is 0. The summed E-state index contributed by atoms with van der Waals surface area (Å²) in [6, 6.07) is 9.71. The van der Waals surface area contributed by atoms with Gasteiger partial charge in [-0.05, 0) is 55.7 Å². The largest absolute Gasteiger partial charge is 0.332 e. The average molecular weight is 389 g/mol. The van der Waals surface area contributed by atoms with Crippen LogP contribution in [0.4, 0.5) is 5.69 Å². The Morgan fingerprint density at radius 3 is 2.77 bits per heavy atom. The molecule has 6 heteroatoms. The first kappa shape index (κ1) is 19.0. The minimum atomic E-state index is -0.180. The van der Waals surface area contributed by atoms with E-state index in [4.69, 9.17) is 0 Å². The van der Waals surface area contributed by atoms with Crippen LogP contribution in [0.25, 0.3) is 0 Å². The number of hydrogen-bond donors (Lipinski definition) is 1. The van der Waals surface area contributed by atoms with E-state index in [2.05, 4.69) is 5.32 Å². The summed E-state index contributed by atoms with van der Waals surface area (Å²) >= 11 is 3.18. The molecular formula is C20H24N2O2S2. The Labute approximate surface area is 163 Å². The van der Waals surface area contributed by atoms with Gasteiger partial charge in [0.25, 0.3) is 5.91 Å². The van der Waals surface area contributed by atoms with E-state index in [-0.39, 0.29) is 18.4 Å². The van der Waals surface area contributed by atoms with Crippen LogP contribution in [-0.2, 0) is 17.6 Å². The van der Waals surface area contributed by atoms with Crippen molar-refractivity contribution in [2.45, 2.75) is 37.0 Å². The molecule has 1 aliphatic rings. The van der Waals surface area contributed by atoms with Crippen LogP contribution in [0.3, 0.4) is 0 Å². The van der Waals surface area contributed by atoms with Gasteiger partial charge in [-0.25, -0.2) is 0 Å². The number of benzene rings is 1. The Bertz CT molecular complexity index is 777. The first-order valence-electron chi connectivity index (χ1n) is 8.88. The Morgan fingerprint density at radius 2 is 1.96 bits per heavy atom. The molecule has 2 amide bonds. The minimum absolute atomic E-state index is 0.0457. The van der Waals surface area contributed by atoms with Crippen molar-refractivity contribution in [1.82, 2.24) is 4.90 Å². The third-order valence-electron chi connectivity index (χ3n) is 4.57. The van der Waals surface area contributed by atoms with Crippen molar-refractivity contribution < 1.29 is 9.59 Å². The smallest absolute Gasteiger partial charge is 0.264 e. The highest BCUT2D eigenvalue weighted by atomic mass is 32.2.